The van der Waals surface area contributed by atoms with Gasteiger partial charge in [0, 0.05) is 134 Å². The van der Waals surface area contributed by atoms with Gasteiger partial charge in [0.25, 0.3) is 0 Å². The summed E-state index contributed by atoms with van der Waals surface area (Å²) in [6.07, 6.45) is 7.59. The number of piperidine rings is 1. The Hall–Kier alpha value is -12.5. The van der Waals surface area contributed by atoms with Crippen molar-refractivity contribution in [3.05, 3.63) is 204 Å². The molecule has 6 aromatic heterocycles. The largest absolute Gasteiger partial charge is 0.489 e. The van der Waals surface area contributed by atoms with Gasteiger partial charge in [-0.05, 0) is 155 Å². The second kappa shape index (κ2) is 33.4. The molecule has 5 aliphatic heterocycles. The van der Waals surface area contributed by atoms with Crippen LogP contribution in [0.5, 0.6) is 17.2 Å². The van der Waals surface area contributed by atoms with Crippen molar-refractivity contribution in [2.45, 2.75) is 70.4 Å². The Morgan fingerprint density at radius 3 is 1.36 bits per heavy atom. The average molecular weight is 1500 g/mol. The number of halogens is 1. The number of amides is 2. The minimum absolute atomic E-state index is 0.00102. The number of morpholine rings is 2. The quantitative estimate of drug-likeness (QED) is 0.0600. The number of carbonyl (C=O) groups excluding carboxylic acids is 2. The molecule has 5 fully saturated rings. The monoisotopic (exact) mass is 1500 g/mol. The zero-order valence-corrected chi connectivity index (χ0v) is 62.6. The van der Waals surface area contributed by atoms with Crippen molar-refractivity contribution < 1.29 is 47.5 Å². The van der Waals surface area contributed by atoms with Crippen LogP contribution in [0.3, 0.4) is 0 Å². The van der Waals surface area contributed by atoms with Crippen LogP contribution >= 0.6 is 0 Å². The second-order valence-electron chi connectivity index (χ2n) is 28.9. The molecular formula is C88H85FN14O9. The number of nitrogens with zero attached hydrogens (tertiary/aromatic N) is 10. The number of nitrogens with one attached hydrogen (secondary N) is 3. The molecule has 6 aromatic carbocycles. The molecule has 0 bridgehead atoms. The summed E-state index contributed by atoms with van der Waals surface area (Å²) >= 11 is 0. The van der Waals surface area contributed by atoms with Crippen LogP contribution in [0.25, 0.3) is 100 Å². The van der Waals surface area contributed by atoms with Crippen molar-refractivity contribution in [2.75, 3.05) is 108 Å². The predicted octanol–water partition coefficient (Wildman–Crippen LogP) is 13.8. The van der Waals surface area contributed by atoms with Gasteiger partial charge in [0.15, 0.2) is 0 Å². The smallest absolute Gasteiger partial charge is 0.236 e. The molecule has 5 saturated heterocycles. The summed E-state index contributed by atoms with van der Waals surface area (Å²) < 4.78 is 49.6. The number of aliphatic hydroxyl groups is 1. The number of hydrogen-bond donors (Lipinski definition) is 5. The number of aromatic amines is 3. The Bertz CT molecular complexity index is 5530. The zero-order valence-electron chi connectivity index (χ0n) is 62.6. The number of fused-ring (bicyclic) bond motifs is 3. The van der Waals surface area contributed by atoms with Crippen LogP contribution in [-0.4, -0.2) is 173 Å². The summed E-state index contributed by atoms with van der Waals surface area (Å²) in [7, 11) is 0. The number of pyridine rings is 3. The highest BCUT2D eigenvalue weighted by molar-refractivity contribution is 5.99. The van der Waals surface area contributed by atoms with Gasteiger partial charge < -0.3 is 73.8 Å². The molecule has 5 aliphatic rings. The van der Waals surface area contributed by atoms with Gasteiger partial charge in [-0.25, -0.2) is 19.3 Å². The lowest BCUT2D eigenvalue weighted by Crippen LogP contribution is -2.55. The molecule has 0 spiro atoms. The third kappa shape index (κ3) is 16.7. The van der Waals surface area contributed by atoms with E-state index in [9.17, 15) is 30.5 Å². The molecule has 0 saturated carbocycles. The first kappa shape index (κ1) is 75.0. The number of likely N-dealkylation sites (tertiary alicyclic amines) is 2. The van der Waals surface area contributed by atoms with E-state index in [-0.39, 0.29) is 36.7 Å². The first-order valence-electron chi connectivity index (χ1n) is 37.8. The van der Waals surface area contributed by atoms with Crippen molar-refractivity contribution in [1.29, 1.82) is 15.8 Å². The molecule has 6 N–H and O–H groups in total. The van der Waals surface area contributed by atoms with E-state index in [1.54, 1.807) is 61.2 Å². The van der Waals surface area contributed by atoms with Crippen LogP contribution < -0.4 is 29.7 Å². The fourth-order valence-corrected chi connectivity index (χ4v) is 14.9. The maximum absolute atomic E-state index is 15.1. The first-order chi connectivity index (χ1) is 54.5. The van der Waals surface area contributed by atoms with E-state index in [0.717, 1.165) is 149 Å². The van der Waals surface area contributed by atoms with Gasteiger partial charge in [-0.1, -0.05) is 66.7 Å². The molecule has 24 heteroatoms. The summed E-state index contributed by atoms with van der Waals surface area (Å²) in [5.74, 6) is 1.13. The molecule has 112 heavy (non-hydrogen) atoms. The maximum atomic E-state index is 15.1. The van der Waals surface area contributed by atoms with Crippen LogP contribution in [0.15, 0.2) is 176 Å². The van der Waals surface area contributed by atoms with E-state index in [4.69, 9.17) is 34.2 Å². The number of hydrogen-bond acceptors (Lipinski definition) is 18. The number of nitrogens with two attached hydrogens (primary N) is 1. The van der Waals surface area contributed by atoms with Crippen molar-refractivity contribution in [3.8, 4) is 103 Å². The standard InChI is InChI=1S/C31H32N6O3.C29H27N5O3.C28H26FN3O3/c32-19-23-17-22(3-6-29(23)40-25-8-11-37(12-9-25)30(38)20-33)26-7-10-34-31-27(26)18-28(35-31)21-1-4-24(5-2-21)36-13-15-39-16-14-36;1-19(35)34-17-24(18-34)37-28-7-4-21(14-22(28)16-30)25-8-9-31-29-26(25)15-27(32-29)20-2-5-23(6-3-20)33-10-12-36-13-11-33;1-28(2,33)20-6-3-17(4-7-20)24-14-22-26(23(29)16-31-27(22)32-24)18-5-8-25(19(13-18)15-30)35-21-9-11-34-12-10-21/h1-7,10,17-18,25H,8-9,11-16,20,33H2,(H,34,35);2-9,14-15,24H,10-13,17-18H2,1H3,(H,31,32);3-8,13-14,16,21,33H,9-12H2,1-2H3,(H,31,32). The molecule has 0 radical (unpaired) electrons. The summed E-state index contributed by atoms with van der Waals surface area (Å²) in [6.45, 7) is 15.3. The van der Waals surface area contributed by atoms with Crippen LogP contribution in [0.2, 0.25) is 0 Å². The van der Waals surface area contributed by atoms with Crippen LogP contribution in [0.4, 0.5) is 15.8 Å². The molecule has 568 valence electrons. The minimum Gasteiger partial charge on any atom is -0.489 e. The Kier molecular flexibility index (Phi) is 22.4. The van der Waals surface area contributed by atoms with Crippen LogP contribution in [-0.2, 0) is 29.4 Å². The third-order valence-electron chi connectivity index (χ3n) is 21.2. The van der Waals surface area contributed by atoms with E-state index >= 15 is 4.39 Å². The molecule has 2 amide bonds. The van der Waals surface area contributed by atoms with E-state index in [0.29, 0.717) is 108 Å². The highest BCUT2D eigenvalue weighted by atomic mass is 19.1. The Balaban J connectivity index is 0.000000133. The Morgan fingerprint density at radius 2 is 0.911 bits per heavy atom. The lowest BCUT2D eigenvalue weighted by atomic mass is 9.96. The lowest BCUT2D eigenvalue weighted by molar-refractivity contribution is -0.137. The topological polar surface area (TPSA) is 306 Å². The van der Waals surface area contributed by atoms with E-state index in [1.165, 1.54) is 17.6 Å². The summed E-state index contributed by atoms with van der Waals surface area (Å²) in [4.78, 5) is 55.0. The Labute approximate surface area is 647 Å². The van der Waals surface area contributed by atoms with Gasteiger partial charge in [0.1, 0.15) is 76.5 Å². The van der Waals surface area contributed by atoms with Crippen LogP contribution in [0, 0.1) is 39.8 Å². The zero-order chi connectivity index (χ0) is 77.4. The third-order valence-corrected chi connectivity index (χ3v) is 21.2. The fraction of sp³-hybridized carbons (Fsp3) is 0.295. The van der Waals surface area contributed by atoms with Crippen molar-refractivity contribution in [2.24, 2.45) is 5.73 Å². The molecule has 11 heterocycles. The van der Waals surface area contributed by atoms with Gasteiger partial charge in [-0.15, -0.1) is 0 Å². The average Bonchev–Trinajstić information content (AvgIpc) is 1.57. The maximum Gasteiger partial charge on any atom is 0.236 e. The van der Waals surface area contributed by atoms with Gasteiger partial charge in [-0.3, -0.25) is 9.59 Å². The number of ether oxygens (including phenoxy) is 6. The number of H-pyrrole nitrogens is 3. The number of anilines is 2. The van der Waals surface area contributed by atoms with Gasteiger partial charge in [0.2, 0.25) is 11.8 Å². The normalized spacial score (nSPS) is 15.6. The minimum atomic E-state index is -0.935. The number of nitriles is 3. The van der Waals surface area contributed by atoms with E-state index in [1.807, 2.05) is 78.9 Å². The van der Waals surface area contributed by atoms with Crippen molar-refractivity contribution in [3.63, 3.8) is 0 Å². The van der Waals surface area contributed by atoms with Gasteiger partial charge in [0.05, 0.1) is 87.8 Å². The highest BCUT2D eigenvalue weighted by Gasteiger charge is 2.32. The van der Waals surface area contributed by atoms with Crippen molar-refractivity contribution in [1.82, 2.24) is 39.7 Å². The molecule has 12 aromatic rings. The first-order valence-corrected chi connectivity index (χ1v) is 37.8. The number of benzene rings is 6. The summed E-state index contributed by atoms with van der Waals surface area (Å²) in [6, 6.07) is 58.0. The van der Waals surface area contributed by atoms with E-state index < -0.39 is 11.4 Å². The molecule has 0 aliphatic carbocycles. The summed E-state index contributed by atoms with van der Waals surface area (Å²) in [5.41, 5.74) is 21.8. The molecule has 23 nitrogen and oxygen atoms in total. The molecule has 0 atom stereocenters. The lowest BCUT2D eigenvalue weighted by Gasteiger charge is -2.38. The fourth-order valence-electron chi connectivity index (χ4n) is 14.9. The second-order valence-corrected chi connectivity index (χ2v) is 28.9. The van der Waals surface area contributed by atoms with Crippen LogP contribution in [0.1, 0.15) is 68.7 Å². The number of aromatic nitrogens is 6. The number of carbonyl (C=O) groups is 2. The molecule has 17 rings (SSSR count). The SMILES string of the molecule is CC(=O)N1CC(Oc2ccc(-c3ccnc4[nH]c(-c5ccc(N6CCOCC6)cc5)cc34)cc2C#N)C1.CC(C)(O)c1ccc(-c2cc3c(-c4ccc(OC5CCOCC5)c(C#N)c4)c(F)cnc3[nH]2)cc1.N#Cc1cc(-c2ccnc3[nH]c(-c4ccc(N5CCOCC5)cc4)cc23)ccc1OC1CCN(C(=O)CN)CC1. The molecular weight excluding hydrogens is 1420 g/mol. The number of rotatable bonds is 16. The van der Waals surface area contributed by atoms with E-state index in [2.05, 4.69) is 119 Å². The Morgan fingerprint density at radius 1 is 0.509 bits per heavy atom. The molecule has 0 unspecified atom stereocenters. The van der Waals surface area contributed by atoms with Crippen molar-refractivity contribution >= 4 is 56.3 Å². The van der Waals surface area contributed by atoms with Gasteiger partial charge in [-0.2, -0.15) is 15.8 Å². The van der Waals surface area contributed by atoms with Gasteiger partial charge >= 0.3 is 0 Å². The predicted molar refractivity (Wildman–Crippen MR) is 427 cm³/mol. The summed E-state index contributed by atoms with van der Waals surface area (Å²) in [5, 5.41) is 42.3. The highest BCUT2D eigenvalue weighted by Crippen LogP contribution is 2.40.